The highest BCUT2D eigenvalue weighted by molar-refractivity contribution is 7.18. The fraction of sp³-hybridized carbons (Fsp3) is 0.0909. The lowest BCUT2D eigenvalue weighted by atomic mass is 10.1. The van der Waals surface area contributed by atoms with Gasteiger partial charge in [-0.05, 0) is 35.9 Å². The molecule has 0 saturated carbocycles. The van der Waals surface area contributed by atoms with Crippen molar-refractivity contribution >= 4 is 46.5 Å². The first-order chi connectivity index (χ1) is 14.4. The van der Waals surface area contributed by atoms with Crippen molar-refractivity contribution in [2.24, 2.45) is 0 Å². The number of imide groups is 1. The van der Waals surface area contributed by atoms with Gasteiger partial charge in [0.05, 0.1) is 32.4 Å². The summed E-state index contributed by atoms with van der Waals surface area (Å²) in [6.07, 6.45) is 0. The van der Waals surface area contributed by atoms with Crippen LogP contribution in [-0.2, 0) is 11.3 Å². The molecule has 2 aromatic carbocycles. The maximum atomic E-state index is 12.7. The molecule has 0 radical (unpaired) electrons. The first-order valence-corrected chi connectivity index (χ1v) is 10.1. The molecule has 0 N–H and O–H groups in total. The van der Waals surface area contributed by atoms with E-state index in [1.807, 2.05) is 30.3 Å². The molecule has 2 heterocycles. The van der Waals surface area contributed by atoms with E-state index in [2.05, 4.69) is 0 Å². The number of fused-ring (bicyclic) bond motifs is 1. The number of hydrogen-bond acceptors (Lipinski definition) is 6. The number of carbonyl (C=O) groups is 4. The van der Waals surface area contributed by atoms with Gasteiger partial charge in [-0.2, -0.15) is 0 Å². The van der Waals surface area contributed by atoms with Gasteiger partial charge in [0.25, 0.3) is 11.8 Å². The molecule has 6 nitrogen and oxygen atoms in total. The van der Waals surface area contributed by atoms with Crippen LogP contribution in [0.3, 0.4) is 0 Å². The van der Waals surface area contributed by atoms with Gasteiger partial charge in [0.2, 0.25) is 5.78 Å². The molecule has 0 unspecified atom stereocenters. The molecule has 2 amide bonds. The number of ketones is 1. The minimum atomic E-state index is -0.754. The Morgan fingerprint density at radius 2 is 1.67 bits per heavy atom. The van der Waals surface area contributed by atoms with Gasteiger partial charge >= 0.3 is 5.97 Å². The Balaban J connectivity index is 1.47. The van der Waals surface area contributed by atoms with Crippen molar-refractivity contribution < 1.29 is 23.9 Å². The topological polar surface area (TPSA) is 80.8 Å². The van der Waals surface area contributed by atoms with Gasteiger partial charge in [0, 0.05) is 0 Å². The number of thiophene rings is 1. The van der Waals surface area contributed by atoms with Gasteiger partial charge in [-0.3, -0.25) is 19.3 Å². The monoisotopic (exact) mass is 439 g/mol. The van der Waals surface area contributed by atoms with Crippen LogP contribution >= 0.6 is 22.9 Å². The van der Waals surface area contributed by atoms with Crippen LogP contribution in [0.1, 0.15) is 46.3 Å². The number of esters is 1. The molecule has 8 heteroatoms. The Morgan fingerprint density at radius 3 is 2.37 bits per heavy atom. The highest BCUT2D eigenvalue weighted by atomic mass is 35.5. The van der Waals surface area contributed by atoms with Crippen molar-refractivity contribution in [3.63, 3.8) is 0 Å². The predicted octanol–water partition coefficient (Wildman–Crippen LogP) is 4.24. The van der Waals surface area contributed by atoms with Crippen molar-refractivity contribution in [3.8, 4) is 0 Å². The summed E-state index contributed by atoms with van der Waals surface area (Å²) in [6.45, 7) is -0.301. The highest BCUT2D eigenvalue weighted by Gasteiger charge is 2.36. The van der Waals surface area contributed by atoms with Crippen LogP contribution in [0.5, 0.6) is 0 Å². The highest BCUT2D eigenvalue weighted by Crippen LogP contribution is 2.26. The van der Waals surface area contributed by atoms with E-state index in [0.29, 0.717) is 9.21 Å². The molecule has 0 bridgehead atoms. The summed E-state index contributed by atoms with van der Waals surface area (Å²) in [5.74, 6) is -2.02. The van der Waals surface area contributed by atoms with E-state index in [1.165, 1.54) is 18.2 Å². The lowest BCUT2D eigenvalue weighted by Gasteiger charge is -2.13. The van der Waals surface area contributed by atoms with Crippen molar-refractivity contribution in [1.82, 2.24) is 4.90 Å². The molecular weight excluding hydrogens is 426 g/mol. The third-order valence-corrected chi connectivity index (χ3v) is 5.84. The van der Waals surface area contributed by atoms with E-state index in [-0.39, 0.29) is 29.0 Å². The van der Waals surface area contributed by atoms with Crippen LogP contribution < -0.4 is 0 Å². The number of amides is 2. The van der Waals surface area contributed by atoms with Crippen LogP contribution in [0.15, 0.2) is 60.7 Å². The van der Waals surface area contributed by atoms with Gasteiger partial charge in [-0.1, -0.05) is 41.9 Å². The average molecular weight is 440 g/mol. The number of hydrogen-bond donors (Lipinski definition) is 0. The second-order valence-corrected chi connectivity index (χ2v) is 8.26. The largest absolute Gasteiger partial charge is 0.454 e. The summed E-state index contributed by atoms with van der Waals surface area (Å²) in [5, 5.41) is 0. The van der Waals surface area contributed by atoms with Crippen LogP contribution in [0.4, 0.5) is 0 Å². The van der Waals surface area contributed by atoms with Crippen molar-refractivity contribution in [1.29, 1.82) is 0 Å². The Bertz CT molecular complexity index is 1170. The Hall–Kier alpha value is -3.29. The van der Waals surface area contributed by atoms with Crippen LogP contribution in [0.25, 0.3) is 0 Å². The molecule has 0 atom stereocenters. The zero-order chi connectivity index (χ0) is 21.3. The lowest BCUT2D eigenvalue weighted by molar-refractivity contribution is 0.0475. The number of rotatable bonds is 6. The lowest BCUT2D eigenvalue weighted by Crippen LogP contribution is -2.29. The SMILES string of the molecule is O=C(OCC(=O)c1ccc(Cl)s1)c1ccc2c(c1)C(=O)N(Cc1ccccc1)C2=O. The fourth-order valence-corrected chi connectivity index (χ4v) is 4.04. The molecule has 150 valence electrons. The maximum Gasteiger partial charge on any atom is 0.338 e. The minimum absolute atomic E-state index is 0.0912. The third-order valence-electron chi connectivity index (χ3n) is 4.57. The van der Waals surface area contributed by atoms with Gasteiger partial charge < -0.3 is 4.74 Å². The van der Waals surface area contributed by atoms with Crippen LogP contribution in [0, 0.1) is 0 Å². The molecule has 0 aliphatic carbocycles. The number of Topliss-reactive ketones (excluding diaryl/α,β-unsaturated/α-hetero) is 1. The van der Waals surface area contributed by atoms with Crippen LogP contribution in [0.2, 0.25) is 4.34 Å². The number of nitrogens with zero attached hydrogens (tertiary/aromatic N) is 1. The second-order valence-electron chi connectivity index (χ2n) is 6.55. The quantitative estimate of drug-likeness (QED) is 0.326. The molecule has 1 aromatic heterocycles. The number of halogens is 1. The standard InChI is InChI=1S/C22H14ClNO5S/c23-19-9-8-18(30-19)17(25)12-29-22(28)14-6-7-15-16(10-14)21(27)24(20(15)26)11-13-4-2-1-3-5-13/h1-10H,11-12H2. The Labute approximate surface area is 180 Å². The molecule has 0 saturated heterocycles. The van der Waals surface area contributed by atoms with Gasteiger partial charge in [-0.25, -0.2) is 4.79 Å². The van der Waals surface area contributed by atoms with E-state index in [9.17, 15) is 19.2 Å². The molecule has 4 rings (SSSR count). The van der Waals surface area contributed by atoms with Gasteiger partial charge in [-0.15, -0.1) is 11.3 Å². The number of benzene rings is 2. The third kappa shape index (κ3) is 3.90. The van der Waals surface area contributed by atoms with E-state index in [0.717, 1.165) is 21.8 Å². The number of ether oxygens (including phenoxy) is 1. The zero-order valence-electron chi connectivity index (χ0n) is 15.5. The van der Waals surface area contributed by atoms with Gasteiger partial charge in [0.1, 0.15) is 0 Å². The summed E-state index contributed by atoms with van der Waals surface area (Å²) >= 11 is 6.90. The molecule has 1 aliphatic heterocycles. The average Bonchev–Trinajstić information content (AvgIpc) is 3.29. The van der Waals surface area contributed by atoms with Crippen molar-refractivity contribution in [3.05, 3.63) is 92.1 Å². The summed E-state index contributed by atoms with van der Waals surface area (Å²) in [7, 11) is 0. The first-order valence-electron chi connectivity index (χ1n) is 8.94. The minimum Gasteiger partial charge on any atom is -0.454 e. The molecular formula is C22H14ClNO5S. The van der Waals surface area contributed by atoms with E-state index >= 15 is 0 Å². The summed E-state index contributed by atoms with van der Waals surface area (Å²) < 4.78 is 5.53. The molecule has 0 spiro atoms. The summed E-state index contributed by atoms with van der Waals surface area (Å²) in [6, 6.07) is 16.5. The van der Waals surface area contributed by atoms with Crippen molar-refractivity contribution in [2.75, 3.05) is 6.61 Å². The predicted molar refractivity (Wildman–Crippen MR) is 111 cm³/mol. The Morgan fingerprint density at radius 1 is 0.933 bits per heavy atom. The number of carbonyl (C=O) groups excluding carboxylic acids is 4. The molecule has 0 fully saturated rings. The normalized spacial score (nSPS) is 12.8. The smallest absolute Gasteiger partial charge is 0.338 e. The van der Waals surface area contributed by atoms with Gasteiger partial charge in [0.15, 0.2) is 6.61 Å². The van der Waals surface area contributed by atoms with Crippen molar-refractivity contribution in [2.45, 2.75) is 6.54 Å². The van der Waals surface area contributed by atoms with E-state index in [4.69, 9.17) is 16.3 Å². The summed E-state index contributed by atoms with van der Waals surface area (Å²) in [4.78, 5) is 51.3. The zero-order valence-corrected chi connectivity index (χ0v) is 17.0. The fourth-order valence-electron chi connectivity index (χ4n) is 3.08. The van der Waals surface area contributed by atoms with E-state index < -0.39 is 24.4 Å². The maximum absolute atomic E-state index is 12.7. The van der Waals surface area contributed by atoms with Crippen LogP contribution in [-0.4, -0.2) is 35.1 Å². The molecule has 1 aliphatic rings. The van der Waals surface area contributed by atoms with E-state index in [1.54, 1.807) is 12.1 Å². The summed E-state index contributed by atoms with van der Waals surface area (Å²) in [5.41, 5.74) is 1.28. The molecule has 30 heavy (non-hydrogen) atoms. The second kappa shape index (κ2) is 8.22. The Kier molecular flexibility index (Phi) is 5.48. The first kappa shape index (κ1) is 20.0. The molecule has 3 aromatic rings.